The van der Waals surface area contributed by atoms with Crippen LogP contribution >= 0.6 is 0 Å². The molecule has 3 aliphatic rings. The predicted molar refractivity (Wildman–Crippen MR) is 109 cm³/mol. The quantitative estimate of drug-likeness (QED) is 0.796. The highest BCUT2D eigenvalue weighted by Crippen LogP contribution is 2.51. The number of ether oxygens (including phenoxy) is 2. The summed E-state index contributed by atoms with van der Waals surface area (Å²) >= 11 is 0. The van der Waals surface area contributed by atoms with Crippen LogP contribution in [0.1, 0.15) is 44.7 Å². The van der Waals surface area contributed by atoms with Gasteiger partial charge in [-0.15, -0.1) is 0 Å². The molecule has 2 aromatic rings. The van der Waals surface area contributed by atoms with Gasteiger partial charge in [0.25, 0.3) is 0 Å². The second kappa shape index (κ2) is 6.12. The number of rotatable bonds is 3. The molecule has 1 saturated carbocycles. The van der Waals surface area contributed by atoms with E-state index in [4.69, 9.17) is 9.47 Å². The van der Waals surface area contributed by atoms with Crippen molar-refractivity contribution in [2.24, 2.45) is 5.41 Å². The van der Waals surface area contributed by atoms with Crippen molar-refractivity contribution in [1.82, 2.24) is 0 Å². The van der Waals surface area contributed by atoms with E-state index < -0.39 is 11.2 Å². The van der Waals surface area contributed by atoms with Gasteiger partial charge in [-0.1, -0.05) is 26.8 Å². The smallest absolute Gasteiger partial charge is 0.235 e. The minimum atomic E-state index is -0.626. The summed E-state index contributed by atoms with van der Waals surface area (Å²) in [6, 6.07) is 9.11. The van der Waals surface area contributed by atoms with E-state index in [-0.39, 0.29) is 29.8 Å². The predicted octanol–water partition coefficient (Wildman–Crippen LogP) is 4.61. The highest BCUT2D eigenvalue weighted by atomic mass is 19.1. The number of carbonyl (C=O) groups is 1. The number of carbonyl (C=O) groups excluding carboxylic acids is 1. The number of hydrogen-bond acceptors (Lipinski definition) is 4. The summed E-state index contributed by atoms with van der Waals surface area (Å²) in [5.74, 6) is 0.759. The number of hydrogen-bond donors (Lipinski definition) is 2. The summed E-state index contributed by atoms with van der Waals surface area (Å²) in [4.78, 5) is 13.1. The molecule has 0 bridgehead atoms. The van der Waals surface area contributed by atoms with Crippen molar-refractivity contribution in [2.45, 2.75) is 51.5 Å². The lowest BCUT2D eigenvalue weighted by molar-refractivity contribution is -0.118. The summed E-state index contributed by atoms with van der Waals surface area (Å²) in [6.45, 7) is 6.69. The molecule has 1 atom stereocenters. The number of benzene rings is 2. The van der Waals surface area contributed by atoms with Gasteiger partial charge in [0.1, 0.15) is 5.82 Å². The van der Waals surface area contributed by atoms with Crippen molar-refractivity contribution in [3.8, 4) is 11.5 Å². The molecule has 1 fully saturated rings. The van der Waals surface area contributed by atoms with Gasteiger partial charge >= 0.3 is 0 Å². The van der Waals surface area contributed by atoms with Gasteiger partial charge in [0.05, 0.1) is 11.1 Å². The number of anilines is 2. The molecule has 1 aliphatic carbocycles. The van der Waals surface area contributed by atoms with Gasteiger partial charge in [0.2, 0.25) is 12.7 Å². The van der Waals surface area contributed by atoms with Crippen LogP contribution in [0.2, 0.25) is 0 Å². The number of fused-ring (bicyclic) bond motifs is 2. The Bertz CT molecular complexity index is 1010. The van der Waals surface area contributed by atoms with Crippen LogP contribution in [-0.4, -0.2) is 18.7 Å². The van der Waals surface area contributed by atoms with Crippen molar-refractivity contribution in [2.75, 3.05) is 17.4 Å². The third kappa shape index (κ3) is 3.02. The van der Waals surface area contributed by atoms with Crippen molar-refractivity contribution < 1.29 is 18.7 Å². The molecule has 0 saturated heterocycles. The topological polar surface area (TPSA) is 59.6 Å². The standard InChI is InChI=1S/C23H25FN2O3/c1-22(2,3)20-9-13-8-17(15(24)11-16(13)25-20)26-21(27)23(6-7-23)14-4-5-18-19(10-14)29-12-28-18/h4-5,8,10-11,20,25H,6-7,9,12H2,1-3H3,(H,26,27). The highest BCUT2D eigenvalue weighted by molar-refractivity contribution is 6.01. The molecule has 2 N–H and O–H groups in total. The van der Waals surface area contributed by atoms with Gasteiger partial charge in [0, 0.05) is 11.7 Å². The van der Waals surface area contributed by atoms with E-state index in [1.54, 1.807) is 6.07 Å². The summed E-state index contributed by atoms with van der Waals surface area (Å²) in [7, 11) is 0. The molecule has 6 heteroatoms. The Morgan fingerprint density at radius 1 is 1.17 bits per heavy atom. The van der Waals surface area contributed by atoms with E-state index in [9.17, 15) is 9.18 Å². The maximum absolute atomic E-state index is 14.7. The lowest BCUT2D eigenvalue weighted by Crippen LogP contribution is -2.31. The van der Waals surface area contributed by atoms with Crippen LogP contribution in [0.4, 0.5) is 15.8 Å². The molecule has 0 spiro atoms. The lowest BCUT2D eigenvalue weighted by Gasteiger charge is -2.27. The van der Waals surface area contributed by atoms with Gasteiger partial charge < -0.3 is 20.1 Å². The minimum Gasteiger partial charge on any atom is -0.454 e. The summed E-state index contributed by atoms with van der Waals surface area (Å²) < 4.78 is 25.5. The molecule has 5 rings (SSSR count). The van der Waals surface area contributed by atoms with Crippen LogP contribution in [-0.2, 0) is 16.6 Å². The number of nitrogens with one attached hydrogen (secondary N) is 2. The molecule has 29 heavy (non-hydrogen) atoms. The molecule has 0 aromatic heterocycles. The molecule has 1 unspecified atom stereocenters. The molecule has 0 radical (unpaired) electrons. The normalized spacial score (nSPS) is 20.8. The fourth-order valence-corrected chi connectivity index (χ4v) is 4.21. The minimum absolute atomic E-state index is 0.0658. The van der Waals surface area contributed by atoms with Gasteiger partial charge in [-0.2, -0.15) is 0 Å². The van der Waals surface area contributed by atoms with E-state index in [1.165, 1.54) is 6.07 Å². The monoisotopic (exact) mass is 396 g/mol. The molecular formula is C23H25FN2O3. The number of amides is 1. The maximum atomic E-state index is 14.7. The van der Waals surface area contributed by atoms with Gasteiger partial charge in [0.15, 0.2) is 11.5 Å². The number of halogens is 1. The van der Waals surface area contributed by atoms with E-state index in [0.717, 1.165) is 36.1 Å². The van der Waals surface area contributed by atoms with E-state index in [0.29, 0.717) is 11.5 Å². The van der Waals surface area contributed by atoms with Crippen molar-refractivity contribution in [3.63, 3.8) is 0 Å². The largest absolute Gasteiger partial charge is 0.454 e. The van der Waals surface area contributed by atoms with Gasteiger partial charge in [-0.05, 0) is 60.1 Å². The Hall–Kier alpha value is -2.76. The zero-order valence-corrected chi connectivity index (χ0v) is 16.9. The Labute approximate surface area is 169 Å². The fourth-order valence-electron chi connectivity index (χ4n) is 4.21. The molecule has 152 valence electrons. The first-order valence-corrected chi connectivity index (χ1v) is 10.1. The molecule has 2 heterocycles. The Kier molecular flexibility index (Phi) is 3.86. The SMILES string of the molecule is CC(C)(C)C1Cc2cc(NC(=O)C3(c4ccc5c(c4)OCO5)CC3)c(F)cc2N1. The van der Waals surface area contributed by atoms with Gasteiger partial charge in [-0.25, -0.2) is 4.39 Å². The Morgan fingerprint density at radius 3 is 2.66 bits per heavy atom. The van der Waals surface area contributed by atoms with Crippen molar-refractivity contribution >= 4 is 17.3 Å². The molecule has 2 aliphatic heterocycles. The third-order valence-corrected chi connectivity index (χ3v) is 6.35. The van der Waals surface area contributed by atoms with E-state index in [2.05, 4.69) is 31.4 Å². The van der Waals surface area contributed by atoms with E-state index >= 15 is 0 Å². The van der Waals surface area contributed by atoms with Crippen LogP contribution < -0.4 is 20.1 Å². The first kappa shape index (κ1) is 18.3. The summed E-state index contributed by atoms with van der Waals surface area (Å²) in [5, 5.41) is 6.26. The van der Waals surface area contributed by atoms with Gasteiger partial charge in [-0.3, -0.25) is 4.79 Å². The summed E-state index contributed by atoms with van der Waals surface area (Å²) in [6.07, 6.45) is 2.28. The van der Waals surface area contributed by atoms with Crippen LogP contribution in [0.5, 0.6) is 11.5 Å². The fraction of sp³-hybridized carbons (Fsp3) is 0.435. The highest BCUT2D eigenvalue weighted by Gasteiger charge is 2.52. The van der Waals surface area contributed by atoms with Crippen molar-refractivity contribution in [1.29, 1.82) is 0 Å². The zero-order chi connectivity index (χ0) is 20.4. The maximum Gasteiger partial charge on any atom is 0.235 e. The second-order valence-electron chi connectivity index (χ2n) is 9.36. The van der Waals surface area contributed by atoms with E-state index in [1.807, 2.05) is 18.2 Å². The van der Waals surface area contributed by atoms with Crippen LogP contribution in [0.3, 0.4) is 0 Å². The Morgan fingerprint density at radius 2 is 1.93 bits per heavy atom. The average Bonchev–Trinajstić information content (AvgIpc) is 3.15. The zero-order valence-electron chi connectivity index (χ0n) is 16.9. The van der Waals surface area contributed by atoms with Crippen LogP contribution in [0.25, 0.3) is 0 Å². The van der Waals surface area contributed by atoms with Crippen LogP contribution in [0.15, 0.2) is 30.3 Å². The first-order chi connectivity index (χ1) is 13.8. The average molecular weight is 396 g/mol. The van der Waals surface area contributed by atoms with Crippen LogP contribution in [0, 0.1) is 11.2 Å². The second-order valence-corrected chi connectivity index (χ2v) is 9.36. The first-order valence-electron chi connectivity index (χ1n) is 10.1. The Balaban J connectivity index is 1.38. The summed E-state index contributed by atoms with van der Waals surface area (Å²) in [5.41, 5.74) is 2.42. The third-order valence-electron chi connectivity index (χ3n) is 6.35. The molecule has 5 nitrogen and oxygen atoms in total. The molecule has 2 aromatic carbocycles. The van der Waals surface area contributed by atoms with Crippen molar-refractivity contribution in [3.05, 3.63) is 47.3 Å². The molecule has 1 amide bonds. The lowest BCUT2D eigenvalue weighted by atomic mass is 9.85. The molecular weight excluding hydrogens is 371 g/mol.